The molecule has 0 spiro atoms. The molecular weight excluding hydrogens is 246 g/mol. The molecule has 0 saturated carbocycles. The van der Waals surface area contributed by atoms with E-state index in [-0.39, 0.29) is 25.2 Å². The topological polar surface area (TPSA) is 74.4 Å². The first-order valence-corrected chi connectivity index (χ1v) is 5.79. The summed E-state index contributed by atoms with van der Waals surface area (Å²) in [6, 6.07) is -0.136. The number of aromatic nitrogens is 2. The second-order valence-corrected chi connectivity index (χ2v) is 3.76. The Morgan fingerprint density at radius 2 is 2.17 bits per heavy atom. The van der Waals surface area contributed by atoms with Crippen LogP contribution in [0.1, 0.15) is 25.8 Å². The summed E-state index contributed by atoms with van der Waals surface area (Å²) >= 11 is 0. The highest BCUT2D eigenvalue weighted by molar-refractivity contribution is 5.24. The first-order chi connectivity index (χ1) is 8.58. The van der Waals surface area contributed by atoms with Gasteiger partial charge in [-0.2, -0.15) is 0 Å². The van der Waals surface area contributed by atoms with Crippen LogP contribution in [0.2, 0.25) is 0 Å². The second kappa shape index (κ2) is 7.22. The minimum absolute atomic E-state index is 0.00380. The molecule has 0 aliphatic rings. The Bertz CT molecular complexity index is 348. The van der Waals surface area contributed by atoms with Crippen LogP contribution in [0.3, 0.4) is 0 Å². The molecule has 1 atom stereocenters. The van der Waals surface area contributed by atoms with Crippen LogP contribution in [0.15, 0.2) is 4.42 Å². The largest absolute Gasteiger partial charge is 0.406 e. The van der Waals surface area contributed by atoms with Crippen molar-refractivity contribution < 1.29 is 18.3 Å². The summed E-state index contributed by atoms with van der Waals surface area (Å²) in [4.78, 5) is 1.17. The molecule has 18 heavy (non-hydrogen) atoms. The highest BCUT2D eigenvalue weighted by atomic mass is 19.3. The van der Waals surface area contributed by atoms with Crippen molar-refractivity contribution in [2.24, 2.45) is 0 Å². The van der Waals surface area contributed by atoms with E-state index in [4.69, 9.17) is 9.52 Å². The fourth-order valence-corrected chi connectivity index (χ4v) is 1.48. The fraction of sp³-hybridized carbons (Fsp3) is 0.800. The zero-order valence-electron chi connectivity index (χ0n) is 10.4. The molecule has 1 rings (SSSR count). The van der Waals surface area contributed by atoms with Crippen molar-refractivity contribution in [1.29, 1.82) is 0 Å². The van der Waals surface area contributed by atoms with E-state index in [1.165, 1.54) is 4.90 Å². The van der Waals surface area contributed by atoms with Crippen LogP contribution in [-0.2, 0) is 0 Å². The van der Waals surface area contributed by atoms with Crippen molar-refractivity contribution in [2.75, 3.05) is 31.1 Å². The van der Waals surface area contributed by atoms with Crippen molar-refractivity contribution in [2.45, 2.75) is 26.3 Å². The van der Waals surface area contributed by atoms with Crippen LogP contribution < -0.4 is 10.2 Å². The van der Waals surface area contributed by atoms with Gasteiger partial charge in [-0.15, -0.1) is 5.10 Å². The average Bonchev–Trinajstić information content (AvgIpc) is 2.77. The summed E-state index contributed by atoms with van der Waals surface area (Å²) in [5.41, 5.74) is 0. The van der Waals surface area contributed by atoms with Crippen LogP contribution in [0.25, 0.3) is 0 Å². The summed E-state index contributed by atoms with van der Waals surface area (Å²) in [7, 11) is 0. The predicted octanol–water partition coefficient (Wildman–Crippen LogP) is 0.804. The lowest BCUT2D eigenvalue weighted by Gasteiger charge is -2.18. The van der Waals surface area contributed by atoms with Crippen LogP contribution in [0.5, 0.6) is 0 Å². The number of aliphatic hydroxyl groups is 1. The molecule has 0 radical (unpaired) electrons. The number of hydrogen-bond acceptors (Lipinski definition) is 6. The van der Waals surface area contributed by atoms with E-state index in [9.17, 15) is 8.78 Å². The quantitative estimate of drug-likeness (QED) is 0.723. The molecule has 0 bridgehead atoms. The molecule has 6 nitrogen and oxygen atoms in total. The van der Waals surface area contributed by atoms with Crippen molar-refractivity contribution in [3.05, 3.63) is 5.89 Å². The molecule has 0 aromatic carbocycles. The van der Waals surface area contributed by atoms with Gasteiger partial charge in [-0.25, -0.2) is 8.78 Å². The zero-order chi connectivity index (χ0) is 13.5. The summed E-state index contributed by atoms with van der Waals surface area (Å²) in [5.74, 6) is 0.337. The maximum Gasteiger partial charge on any atom is 0.318 e. The molecule has 0 fully saturated rings. The predicted molar refractivity (Wildman–Crippen MR) is 61.7 cm³/mol. The monoisotopic (exact) mass is 264 g/mol. The Hall–Kier alpha value is -1.28. The van der Waals surface area contributed by atoms with E-state index in [0.29, 0.717) is 5.89 Å². The van der Waals surface area contributed by atoms with Crippen molar-refractivity contribution in [1.82, 2.24) is 15.5 Å². The van der Waals surface area contributed by atoms with Gasteiger partial charge in [0.15, 0.2) is 0 Å². The maximum atomic E-state index is 12.4. The third-order valence-corrected chi connectivity index (χ3v) is 2.31. The lowest BCUT2D eigenvalue weighted by molar-refractivity contribution is 0.150. The van der Waals surface area contributed by atoms with E-state index in [0.717, 1.165) is 6.54 Å². The van der Waals surface area contributed by atoms with Crippen LogP contribution in [0, 0.1) is 0 Å². The Labute approximate surface area is 104 Å². The van der Waals surface area contributed by atoms with Crippen LogP contribution >= 0.6 is 0 Å². The maximum absolute atomic E-state index is 12.4. The van der Waals surface area contributed by atoms with E-state index >= 15 is 0 Å². The van der Waals surface area contributed by atoms with Gasteiger partial charge in [-0.3, -0.25) is 0 Å². The number of aliphatic hydroxyl groups excluding tert-OH is 1. The van der Waals surface area contributed by atoms with Crippen molar-refractivity contribution in [3.63, 3.8) is 0 Å². The molecular formula is C10H18F2N4O2. The molecule has 1 unspecified atom stereocenters. The number of halogens is 2. The molecule has 2 N–H and O–H groups in total. The number of alkyl halides is 2. The first kappa shape index (κ1) is 14.8. The fourth-order valence-electron chi connectivity index (χ4n) is 1.48. The van der Waals surface area contributed by atoms with Gasteiger partial charge in [0.05, 0.1) is 19.2 Å². The van der Waals surface area contributed by atoms with Gasteiger partial charge in [0, 0.05) is 6.54 Å². The number of nitrogens with zero attached hydrogens (tertiary/aromatic N) is 3. The molecule has 1 aromatic heterocycles. The first-order valence-electron chi connectivity index (χ1n) is 5.79. The van der Waals surface area contributed by atoms with E-state index in [1.54, 1.807) is 0 Å². The van der Waals surface area contributed by atoms with E-state index in [1.807, 2.05) is 13.8 Å². The third kappa shape index (κ3) is 4.19. The normalized spacial score (nSPS) is 13.0. The number of hydrogen-bond donors (Lipinski definition) is 2. The second-order valence-electron chi connectivity index (χ2n) is 3.76. The molecule has 1 heterocycles. The van der Waals surface area contributed by atoms with Gasteiger partial charge < -0.3 is 19.7 Å². The summed E-state index contributed by atoms with van der Waals surface area (Å²) < 4.78 is 30.0. The Morgan fingerprint density at radius 1 is 1.44 bits per heavy atom. The minimum Gasteiger partial charge on any atom is -0.406 e. The molecule has 1 aromatic rings. The van der Waals surface area contributed by atoms with Gasteiger partial charge >= 0.3 is 6.01 Å². The number of nitrogens with one attached hydrogen (secondary N) is 1. The Morgan fingerprint density at radius 3 is 2.72 bits per heavy atom. The van der Waals surface area contributed by atoms with Crippen molar-refractivity contribution in [3.8, 4) is 0 Å². The SMILES string of the molecule is CCNC(C)c1nnc(N(CCO)CC(F)F)o1. The average molecular weight is 264 g/mol. The zero-order valence-corrected chi connectivity index (χ0v) is 10.4. The van der Waals surface area contributed by atoms with Gasteiger partial charge in [0.2, 0.25) is 5.89 Å². The number of rotatable bonds is 8. The highest BCUT2D eigenvalue weighted by Gasteiger charge is 2.20. The van der Waals surface area contributed by atoms with E-state index < -0.39 is 13.0 Å². The lowest BCUT2D eigenvalue weighted by Crippen LogP contribution is -2.31. The molecule has 8 heteroatoms. The van der Waals surface area contributed by atoms with Crippen LogP contribution in [-0.4, -0.2) is 48.0 Å². The molecule has 0 saturated heterocycles. The van der Waals surface area contributed by atoms with Crippen LogP contribution in [0.4, 0.5) is 14.8 Å². The lowest BCUT2D eigenvalue weighted by atomic mass is 10.3. The highest BCUT2D eigenvalue weighted by Crippen LogP contribution is 2.17. The third-order valence-electron chi connectivity index (χ3n) is 2.31. The minimum atomic E-state index is -2.53. The van der Waals surface area contributed by atoms with Gasteiger partial charge in [-0.1, -0.05) is 12.0 Å². The molecule has 0 amide bonds. The standard InChI is InChI=1S/C10H18F2N4O2/c1-3-13-7(2)9-14-15-10(18-9)16(4-5-17)6-8(11)12/h7-8,13,17H,3-6H2,1-2H3. The number of anilines is 1. The van der Waals surface area contributed by atoms with Gasteiger partial charge in [0.25, 0.3) is 6.43 Å². The molecule has 0 aliphatic heterocycles. The molecule has 0 aliphatic carbocycles. The summed E-state index contributed by atoms with van der Waals surface area (Å²) in [6.45, 7) is 3.73. The smallest absolute Gasteiger partial charge is 0.318 e. The Balaban J connectivity index is 2.73. The summed E-state index contributed by atoms with van der Waals surface area (Å²) in [5, 5.41) is 19.4. The van der Waals surface area contributed by atoms with Crippen molar-refractivity contribution >= 4 is 6.01 Å². The summed E-state index contributed by atoms with van der Waals surface area (Å²) in [6.07, 6.45) is -2.53. The molecule has 104 valence electrons. The van der Waals surface area contributed by atoms with Gasteiger partial charge in [-0.05, 0) is 13.5 Å². The van der Waals surface area contributed by atoms with E-state index in [2.05, 4.69) is 15.5 Å². The Kier molecular flexibility index (Phi) is 5.93. The van der Waals surface area contributed by atoms with Gasteiger partial charge in [0.1, 0.15) is 0 Å².